The van der Waals surface area contributed by atoms with Crippen LogP contribution in [0.5, 0.6) is 0 Å². The van der Waals surface area contributed by atoms with Gasteiger partial charge in [-0.25, -0.2) is 0 Å². The Morgan fingerprint density at radius 2 is 1.76 bits per heavy atom. The Labute approximate surface area is 124 Å². The van der Waals surface area contributed by atoms with Gasteiger partial charge in [0.1, 0.15) is 0 Å². The summed E-state index contributed by atoms with van der Waals surface area (Å²) in [5.74, 6) is -0.620. The first kappa shape index (κ1) is 14.3. The van der Waals surface area contributed by atoms with Crippen molar-refractivity contribution in [3.05, 3.63) is 34.9 Å². The molecule has 21 heavy (non-hydrogen) atoms. The van der Waals surface area contributed by atoms with Crippen LogP contribution in [0, 0.1) is 31.1 Å². The van der Waals surface area contributed by atoms with E-state index >= 15 is 0 Å². The zero-order chi connectivity index (χ0) is 15.5. The van der Waals surface area contributed by atoms with Crippen molar-refractivity contribution < 1.29 is 14.7 Å². The Bertz CT molecular complexity index is 611. The van der Waals surface area contributed by atoms with Crippen LogP contribution in [0.3, 0.4) is 0 Å². The zero-order valence-corrected chi connectivity index (χ0v) is 12.9. The fourth-order valence-corrected chi connectivity index (χ4v) is 3.65. The topological polar surface area (TPSA) is 57.6 Å². The van der Waals surface area contributed by atoms with E-state index in [9.17, 15) is 14.7 Å². The fourth-order valence-electron chi connectivity index (χ4n) is 3.65. The molecule has 2 fully saturated rings. The number of piperidine rings is 1. The van der Waals surface area contributed by atoms with Gasteiger partial charge in [0, 0.05) is 0 Å². The monoisotopic (exact) mass is 287 g/mol. The number of nitrogens with zero attached hydrogens (tertiary/aromatic N) is 1. The number of benzene rings is 1. The van der Waals surface area contributed by atoms with Crippen LogP contribution >= 0.6 is 0 Å². The highest BCUT2D eigenvalue weighted by atomic mass is 16.3. The average Bonchev–Trinajstić information content (AvgIpc) is 2.86. The molecule has 1 saturated heterocycles. The molecule has 1 N–H and O–H groups in total. The SMILES string of the molecule is Cc1ccc(C(O)CN2C(=O)C3C(C2=O)C3(C)C)c(C)c1. The van der Waals surface area contributed by atoms with E-state index in [4.69, 9.17) is 0 Å². The molecule has 1 heterocycles. The Morgan fingerprint density at radius 3 is 2.29 bits per heavy atom. The molecule has 3 rings (SSSR count). The number of rotatable bonds is 3. The minimum atomic E-state index is -0.820. The molecule has 0 aromatic heterocycles. The molecule has 2 amide bonds. The Balaban J connectivity index is 1.76. The smallest absolute Gasteiger partial charge is 0.233 e. The Hall–Kier alpha value is -1.68. The molecule has 1 aliphatic carbocycles. The molecule has 3 unspecified atom stereocenters. The lowest BCUT2D eigenvalue weighted by atomic mass is 10.00. The van der Waals surface area contributed by atoms with E-state index in [1.165, 1.54) is 4.90 Å². The number of β-amino-alcohol motifs (C(OH)–C–C–N with tert-alkyl or cyclic N) is 1. The fraction of sp³-hybridized carbons (Fsp3) is 0.529. The van der Waals surface area contributed by atoms with E-state index in [1.807, 2.05) is 45.9 Å². The highest BCUT2D eigenvalue weighted by molar-refractivity contribution is 6.10. The van der Waals surface area contributed by atoms with Gasteiger partial charge in [0.15, 0.2) is 0 Å². The first-order valence-electron chi connectivity index (χ1n) is 7.35. The second-order valence-electron chi connectivity index (χ2n) is 6.94. The summed E-state index contributed by atoms with van der Waals surface area (Å²) < 4.78 is 0. The van der Waals surface area contributed by atoms with Crippen LogP contribution in [0.2, 0.25) is 0 Å². The minimum absolute atomic E-state index is 0.0602. The molecule has 4 heteroatoms. The van der Waals surface area contributed by atoms with E-state index in [2.05, 4.69) is 0 Å². The summed E-state index contributed by atoms with van der Waals surface area (Å²) in [6, 6.07) is 5.79. The van der Waals surface area contributed by atoms with Crippen molar-refractivity contribution in [1.82, 2.24) is 4.90 Å². The third-order valence-corrected chi connectivity index (χ3v) is 5.03. The standard InChI is InChI=1S/C17H21NO3/c1-9-5-6-11(10(2)7-9)12(19)8-18-15(20)13-14(16(18)21)17(13,3)4/h5-7,12-14,19H,8H2,1-4H3. The van der Waals surface area contributed by atoms with Crippen LogP contribution in [0.4, 0.5) is 0 Å². The number of hydrogen-bond donors (Lipinski definition) is 1. The van der Waals surface area contributed by atoms with Crippen molar-refractivity contribution in [3.8, 4) is 0 Å². The number of likely N-dealkylation sites (tertiary alicyclic amines) is 1. The molecular weight excluding hydrogens is 266 g/mol. The summed E-state index contributed by atoms with van der Waals surface area (Å²) in [7, 11) is 0. The number of fused-ring (bicyclic) bond motifs is 1. The molecule has 1 saturated carbocycles. The number of aliphatic hydroxyl groups is 1. The highest BCUT2D eigenvalue weighted by Crippen LogP contribution is 2.63. The van der Waals surface area contributed by atoms with Crippen LogP contribution in [-0.2, 0) is 9.59 Å². The zero-order valence-electron chi connectivity index (χ0n) is 12.9. The Kier molecular flexibility index (Phi) is 2.99. The lowest BCUT2D eigenvalue weighted by Crippen LogP contribution is -2.39. The predicted molar refractivity (Wildman–Crippen MR) is 78.4 cm³/mol. The van der Waals surface area contributed by atoms with Gasteiger partial charge in [0.2, 0.25) is 11.8 Å². The van der Waals surface area contributed by atoms with Crippen molar-refractivity contribution in [2.24, 2.45) is 17.3 Å². The molecule has 1 aromatic carbocycles. The maximum atomic E-state index is 12.3. The molecule has 112 valence electrons. The Morgan fingerprint density at radius 1 is 1.19 bits per heavy atom. The van der Waals surface area contributed by atoms with Gasteiger partial charge in [-0.15, -0.1) is 0 Å². The van der Waals surface area contributed by atoms with E-state index in [0.717, 1.165) is 16.7 Å². The van der Waals surface area contributed by atoms with Gasteiger partial charge in [-0.3, -0.25) is 14.5 Å². The van der Waals surface area contributed by atoms with E-state index < -0.39 is 6.10 Å². The minimum Gasteiger partial charge on any atom is -0.387 e. The van der Waals surface area contributed by atoms with Crippen LogP contribution in [-0.4, -0.2) is 28.4 Å². The van der Waals surface area contributed by atoms with Crippen molar-refractivity contribution in [2.75, 3.05) is 6.54 Å². The number of hydrogen-bond acceptors (Lipinski definition) is 3. The molecule has 2 aliphatic rings. The third kappa shape index (κ3) is 2.01. The molecule has 0 spiro atoms. The van der Waals surface area contributed by atoms with Crippen LogP contribution < -0.4 is 0 Å². The number of imide groups is 1. The first-order valence-corrected chi connectivity index (χ1v) is 7.35. The van der Waals surface area contributed by atoms with Crippen LogP contribution in [0.1, 0.15) is 36.6 Å². The van der Waals surface area contributed by atoms with E-state index in [1.54, 1.807) is 0 Å². The summed E-state index contributed by atoms with van der Waals surface area (Å²) in [6.45, 7) is 7.89. The van der Waals surface area contributed by atoms with E-state index in [0.29, 0.717) is 0 Å². The van der Waals surface area contributed by atoms with Crippen molar-refractivity contribution in [3.63, 3.8) is 0 Å². The lowest BCUT2D eigenvalue weighted by Gasteiger charge is -2.24. The van der Waals surface area contributed by atoms with Crippen LogP contribution in [0.25, 0.3) is 0 Å². The number of aryl methyl sites for hydroxylation is 2. The van der Waals surface area contributed by atoms with Crippen molar-refractivity contribution in [2.45, 2.75) is 33.8 Å². The number of aliphatic hydroxyl groups excluding tert-OH is 1. The lowest BCUT2D eigenvalue weighted by molar-refractivity contribution is -0.144. The normalized spacial score (nSPS) is 27.8. The molecule has 0 bridgehead atoms. The number of carbonyl (C=O) groups excluding carboxylic acids is 2. The molecule has 1 aromatic rings. The summed E-state index contributed by atoms with van der Waals surface area (Å²) >= 11 is 0. The quantitative estimate of drug-likeness (QED) is 0.865. The summed E-state index contributed by atoms with van der Waals surface area (Å²) in [5.41, 5.74) is 2.68. The van der Waals surface area contributed by atoms with Crippen molar-refractivity contribution in [1.29, 1.82) is 0 Å². The second kappa shape index (κ2) is 4.41. The van der Waals surface area contributed by atoms with Crippen molar-refractivity contribution >= 4 is 11.8 Å². The summed E-state index contributed by atoms with van der Waals surface area (Å²) in [6.07, 6.45) is -0.820. The molecular formula is C17H21NO3. The maximum absolute atomic E-state index is 12.3. The summed E-state index contributed by atoms with van der Waals surface area (Å²) in [4.78, 5) is 25.8. The largest absolute Gasteiger partial charge is 0.387 e. The van der Waals surface area contributed by atoms with Gasteiger partial charge in [-0.1, -0.05) is 37.6 Å². The van der Waals surface area contributed by atoms with Crippen LogP contribution in [0.15, 0.2) is 18.2 Å². The number of amides is 2. The average molecular weight is 287 g/mol. The van der Waals surface area contributed by atoms with Gasteiger partial charge in [0.05, 0.1) is 24.5 Å². The maximum Gasteiger partial charge on any atom is 0.233 e. The third-order valence-electron chi connectivity index (χ3n) is 5.03. The van der Waals surface area contributed by atoms with Gasteiger partial charge < -0.3 is 5.11 Å². The molecule has 1 aliphatic heterocycles. The molecule has 4 nitrogen and oxygen atoms in total. The van der Waals surface area contributed by atoms with Gasteiger partial charge in [0.25, 0.3) is 0 Å². The number of carbonyl (C=O) groups is 2. The molecule has 0 radical (unpaired) electrons. The van der Waals surface area contributed by atoms with Gasteiger partial charge in [-0.2, -0.15) is 0 Å². The molecule has 3 atom stereocenters. The first-order chi connectivity index (χ1) is 9.75. The van der Waals surface area contributed by atoms with Gasteiger partial charge in [-0.05, 0) is 30.4 Å². The second-order valence-corrected chi connectivity index (χ2v) is 6.94. The predicted octanol–water partition coefficient (Wildman–Crippen LogP) is 1.98. The highest BCUT2D eigenvalue weighted by Gasteiger charge is 2.72. The van der Waals surface area contributed by atoms with E-state index in [-0.39, 0.29) is 35.6 Å². The van der Waals surface area contributed by atoms with Gasteiger partial charge >= 0.3 is 0 Å². The summed E-state index contributed by atoms with van der Waals surface area (Å²) in [5, 5.41) is 10.4.